The zero-order valence-corrected chi connectivity index (χ0v) is 12.7. The van der Waals surface area contributed by atoms with E-state index in [1.165, 1.54) is 0 Å². The number of rotatable bonds is 5. The zero-order chi connectivity index (χ0) is 15.2. The molecule has 1 aromatic carbocycles. The van der Waals surface area contributed by atoms with Crippen molar-refractivity contribution in [3.63, 3.8) is 0 Å². The molecule has 5 heteroatoms. The predicted molar refractivity (Wildman–Crippen MR) is 88.7 cm³/mol. The van der Waals surface area contributed by atoms with Crippen LogP contribution in [-0.2, 0) is 6.42 Å². The van der Waals surface area contributed by atoms with Gasteiger partial charge in [-0.1, -0.05) is 36.4 Å². The molecule has 0 atom stereocenters. The molecule has 0 saturated carbocycles. The van der Waals surface area contributed by atoms with Gasteiger partial charge >= 0.3 is 0 Å². The predicted octanol–water partition coefficient (Wildman–Crippen LogP) is 3.73. The van der Waals surface area contributed by atoms with Gasteiger partial charge in [-0.3, -0.25) is 0 Å². The van der Waals surface area contributed by atoms with Crippen LogP contribution in [0.4, 0.5) is 5.82 Å². The number of nitrogens with one attached hydrogen (secondary N) is 1. The molecule has 0 amide bonds. The largest absolute Gasteiger partial charge is 0.370 e. The molecule has 108 valence electrons. The van der Waals surface area contributed by atoms with Crippen LogP contribution in [0.3, 0.4) is 0 Å². The van der Waals surface area contributed by atoms with E-state index in [1.54, 1.807) is 17.4 Å². The summed E-state index contributed by atoms with van der Waals surface area (Å²) in [6, 6.07) is 17.6. The summed E-state index contributed by atoms with van der Waals surface area (Å²) in [6.45, 7) is 0.736. The third-order valence-electron chi connectivity index (χ3n) is 3.12. The van der Waals surface area contributed by atoms with Gasteiger partial charge in [-0.25, -0.2) is 9.97 Å². The molecular formula is C17H14N4S. The normalized spacial score (nSPS) is 10.1. The summed E-state index contributed by atoms with van der Waals surface area (Å²) in [5, 5.41) is 15.2. The Balaban J connectivity index is 1.58. The van der Waals surface area contributed by atoms with Crippen LogP contribution in [0.5, 0.6) is 0 Å². The maximum Gasteiger partial charge on any atom is 0.142 e. The van der Waals surface area contributed by atoms with Gasteiger partial charge in [0.15, 0.2) is 0 Å². The number of nitriles is 1. The first-order chi connectivity index (χ1) is 10.8. The number of hydrogen-bond acceptors (Lipinski definition) is 5. The van der Waals surface area contributed by atoms with Gasteiger partial charge in [0.25, 0.3) is 0 Å². The van der Waals surface area contributed by atoms with Crippen molar-refractivity contribution in [2.45, 2.75) is 6.42 Å². The highest BCUT2D eigenvalue weighted by Gasteiger charge is 2.04. The summed E-state index contributed by atoms with van der Waals surface area (Å²) >= 11 is 1.66. The third-order valence-corrected chi connectivity index (χ3v) is 4.06. The first kappa shape index (κ1) is 14.2. The van der Waals surface area contributed by atoms with Crippen molar-refractivity contribution < 1.29 is 0 Å². The van der Waals surface area contributed by atoms with E-state index < -0.39 is 0 Å². The van der Waals surface area contributed by atoms with Gasteiger partial charge in [-0.2, -0.15) is 5.26 Å². The van der Waals surface area contributed by atoms with Crippen LogP contribution in [-0.4, -0.2) is 16.5 Å². The van der Waals surface area contributed by atoms with Gasteiger partial charge in [0.2, 0.25) is 0 Å². The third kappa shape index (κ3) is 3.48. The van der Waals surface area contributed by atoms with Crippen LogP contribution >= 0.6 is 11.3 Å². The van der Waals surface area contributed by atoms with Crippen LogP contribution in [0, 0.1) is 11.3 Å². The summed E-state index contributed by atoms with van der Waals surface area (Å²) in [4.78, 5) is 8.84. The summed E-state index contributed by atoms with van der Waals surface area (Å²) in [6.07, 6.45) is 0.821. The van der Waals surface area contributed by atoms with Crippen molar-refractivity contribution in [2.24, 2.45) is 0 Å². The lowest BCUT2D eigenvalue weighted by molar-refractivity contribution is 0.968. The van der Waals surface area contributed by atoms with Gasteiger partial charge in [-0.05, 0) is 12.1 Å². The molecule has 2 aromatic heterocycles. The monoisotopic (exact) mass is 306 g/mol. The van der Waals surface area contributed by atoms with E-state index in [1.807, 2.05) is 36.4 Å². The minimum Gasteiger partial charge on any atom is -0.370 e. The van der Waals surface area contributed by atoms with Crippen molar-refractivity contribution in [3.8, 4) is 16.6 Å². The van der Waals surface area contributed by atoms with Crippen molar-refractivity contribution in [3.05, 3.63) is 65.3 Å². The van der Waals surface area contributed by atoms with Crippen molar-refractivity contribution in [1.29, 1.82) is 5.26 Å². The smallest absolute Gasteiger partial charge is 0.142 e. The highest BCUT2D eigenvalue weighted by atomic mass is 32.1. The number of thiazole rings is 1. The molecule has 0 spiro atoms. The van der Waals surface area contributed by atoms with E-state index in [2.05, 4.69) is 32.8 Å². The first-order valence-electron chi connectivity index (χ1n) is 6.96. The topological polar surface area (TPSA) is 61.6 Å². The molecule has 2 heterocycles. The van der Waals surface area contributed by atoms with Gasteiger partial charge in [0.1, 0.15) is 22.6 Å². The van der Waals surface area contributed by atoms with E-state index in [0.29, 0.717) is 5.69 Å². The Bertz CT molecular complexity index is 790. The summed E-state index contributed by atoms with van der Waals surface area (Å²) in [7, 11) is 0. The fraction of sp³-hybridized carbons (Fsp3) is 0.118. The summed E-state index contributed by atoms with van der Waals surface area (Å²) in [5.41, 5.74) is 2.63. The number of nitrogens with zero attached hydrogens (tertiary/aromatic N) is 3. The molecule has 0 aliphatic heterocycles. The lowest BCUT2D eigenvalue weighted by Gasteiger charge is -2.03. The highest BCUT2D eigenvalue weighted by Crippen LogP contribution is 2.23. The Hall–Kier alpha value is -2.71. The molecule has 3 aromatic rings. The molecule has 0 aliphatic rings. The van der Waals surface area contributed by atoms with Gasteiger partial charge in [0.05, 0.1) is 5.69 Å². The van der Waals surface area contributed by atoms with Crippen LogP contribution in [0.2, 0.25) is 0 Å². The molecule has 0 unspecified atom stereocenters. The van der Waals surface area contributed by atoms with E-state index >= 15 is 0 Å². The first-order valence-corrected chi connectivity index (χ1v) is 7.84. The molecule has 0 bridgehead atoms. The lowest BCUT2D eigenvalue weighted by Crippen LogP contribution is -2.06. The minimum absolute atomic E-state index is 0.421. The molecule has 0 radical (unpaired) electrons. The maximum absolute atomic E-state index is 8.83. The quantitative estimate of drug-likeness (QED) is 0.780. The SMILES string of the molecule is N#Cc1cccc(NCCc2csc(-c3ccccc3)n2)n1. The lowest BCUT2D eigenvalue weighted by atomic mass is 10.2. The Morgan fingerprint density at radius 2 is 1.91 bits per heavy atom. The second kappa shape index (κ2) is 6.83. The van der Waals surface area contributed by atoms with Crippen LogP contribution in [0.1, 0.15) is 11.4 Å². The van der Waals surface area contributed by atoms with E-state index in [9.17, 15) is 0 Å². The highest BCUT2D eigenvalue weighted by molar-refractivity contribution is 7.13. The van der Waals surface area contributed by atoms with E-state index in [0.717, 1.165) is 35.0 Å². The minimum atomic E-state index is 0.421. The average Bonchev–Trinajstić information content (AvgIpc) is 3.05. The molecule has 0 fully saturated rings. The van der Waals surface area contributed by atoms with Crippen LogP contribution in [0.15, 0.2) is 53.9 Å². The van der Waals surface area contributed by atoms with Crippen molar-refractivity contribution in [1.82, 2.24) is 9.97 Å². The Labute approximate surface area is 133 Å². The molecule has 22 heavy (non-hydrogen) atoms. The standard InChI is InChI=1S/C17H14N4S/c18-11-14-7-4-8-16(20-14)19-10-9-15-12-22-17(21-15)13-5-2-1-3-6-13/h1-8,12H,9-10H2,(H,19,20). The fourth-order valence-corrected chi connectivity index (χ4v) is 2.91. The Morgan fingerprint density at radius 1 is 1.05 bits per heavy atom. The van der Waals surface area contributed by atoms with Gasteiger partial charge in [0, 0.05) is 23.9 Å². The van der Waals surface area contributed by atoms with Crippen molar-refractivity contribution in [2.75, 3.05) is 11.9 Å². The Morgan fingerprint density at radius 3 is 2.73 bits per heavy atom. The second-order valence-corrected chi connectivity index (χ2v) is 5.56. The van der Waals surface area contributed by atoms with E-state index in [4.69, 9.17) is 5.26 Å². The summed E-state index contributed by atoms with van der Waals surface area (Å²) in [5.74, 6) is 0.720. The maximum atomic E-state index is 8.83. The molecular weight excluding hydrogens is 292 g/mol. The number of hydrogen-bond donors (Lipinski definition) is 1. The van der Waals surface area contributed by atoms with Gasteiger partial charge in [-0.15, -0.1) is 11.3 Å². The van der Waals surface area contributed by atoms with Crippen LogP contribution < -0.4 is 5.32 Å². The number of aromatic nitrogens is 2. The molecule has 0 saturated heterocycles. The molecule has 0 aliphatic carbocycles. The zero-order valence-electron chi connectivity index (χ0n) is 11.9. The molecule has 3 rings (SSSR count). The summed E-state index contributed by atoms with van der Waals surface area (Å²) < 4.78 is 0. The van der Waals surface area contributed by atoms with E-state index in [-0.39, 0.29) is 0 Å². The van der Waals surface area contributed by atoms with Gasteiger partial charge < -0.3 is 5.32 Å². The molecule has 4 nitrogen and oxygen atoms in total. The number of anilines is 1. The average molecular weight is 306 g/mol. The van der Waals surface area contributed by atoms with Crippen LogP contribution in [0.25, 0.3) is 10.6 Å². The second-order valence-electron chi connectivity index (χ2n) is 4.71. The Kier molecular flexibility index (Phi) is 4.42. The fourth-order valence-electron chi connectivity index (χ4n) is 2.05. The number of pyridine rings is 1. The molecule has 1 N–H and O–H groups in total. The van der Waals surface area contributed by atoms with Crippen molar-refractivity contribution >= 4 is 17.2 Å². The number of benzene rings is 1.